The minimum Gasteiger partial charge on any atom is -0.480 e. The van der Waals surface area contributed by atoms with E-state index in [-0.39, 0.29) is 11.7 Å². The van der Waals surface area contributed by atoms with Gasteiger partial charge in [-0.25, -0.2) is 5.43 Å². The topological polar surface area (TPSA) is 78.4 Å². The summed E-state index contributed by atoms with van der Waals surface area (Å²) in [5, 5.41) is 8.42. The van der Waals surface area contributed by atoms with Crippen LogP contribution in [0, 0.1) is 0 Å². The monoisotopic (exact) mass is 178 g/mol. The van der Waals surface area contributed by atoms with Crippen LogP contribution >= 0.6 is 12.6 Å². The third-order valence-electron chi connectivity index (χ3n) is 0.903. The number of amides is 1. The molecule has 0 saturated heterocycles. The fraction of sp³-hybridized carbons (Fsp3) is 0.600. The van der Waals surface area contributed by atoms with E-state index in [1.165, 1.54) is 6.92 Å². The van der Waals surface area contributed by atoms with Crippen molar-refractivity contribution in [2.75, 3.05) is 5.75 Å². The molecular weight excluding hydrogens is 168 g/mol. The third kappa shape index (κ3) is 4.63. The van der Waals surface area contributed by atoms with E-state index >= 15 is 0 Å². The molecule has 0 aromatic carbocycles. The first-order valence-corrected chi connectivity index (χ1v) is 3.57. The lowest BCUT2D eigenvalue weighted by Gasteiger charge is -2.10. The summed E-state index contributed by atoms with van der Waals surface area (Å²) >= 11 is 3.76. The molecule has 0 aliphatic rings. The Bertz CT molecular complexity index is 162. The molecule has 64 valence electrons. The molecule has 0 aliphatic carbocycles. The van der Waals surface area contributed by atoms with Crippen molar-refractivity contribution < 1.29 is 14.7 Å². The van der Waals surface area contributed by atoms with Gasteiger partial charge in [-0.15, -0.1) is 0 Å². The zero-order valence-electron chi connectivity index (χ0n) is 6.00. The molecule has 0 spiro atoms. The third-order valence-corrected chi connectivity index (χ3v) is 1.27. The van der Waals surface area contributed by atoms with Crippen molar-refractivity contribution in [1.29, 1.82) is 0 Å². The molecular formula is C5H10N2O3S. The van der Waals surface area contributed by atoms with Crippen molar-refractivity contribution >= 4 is 24.5 Å². The van der Waals surface area contributed by atoms with Crippen molar-refractivity contribution in [3.63, 3.8) is 0 Å². The molecule has 0 fully saturated rings. The largest absolute Gasteiger partial charge is 0.480 e. The quantitative estimate of drug-likeness (QED) is 0.329. The van der Waals surface area contributed by atoms with Gasteiger partial charge in [0.2, 0.25) is 5.91 Å². The molecule has 5 nitrogen and oxygen atoms in total. The maximum atomic E-state index is 10.3. The van der Waals surface area contributed by atoms with Crippen LogP contribution in [0.2, 0.25) is 0 Å². The Kier molecular flexibility index (Phi) is 4.64. The zero-order chi connectivity index (χ0) is 8.85. The van der Waals surface area contributed by atoms with Gasteiger partial charge in [-0.3, -0.25) is 15.0 Å². The van der Waals surface area contributed by atoms with Gasteiger partial charge in [0.15, 0.2) is 0 Å². The van der Waals surface area contributed by atoms with Gasteiger partial charge in [0, 0.05) is 12.7 Å². The van der Waals surface area contributed by atoms with Crippen molar-refractivity contribution in [3.05, 3.63) is 0 Å². The Hall–Kier alpha value is -0.750. The van der Waals surface area contributed by atoms with Gasteiger partial charge < -0.3 is 5.11 Å². The molecule has 1 atom stereocenters. The number of thiol groups is 1. The molecule has 6 heteroatoms. The zero-order valence-corrected chi connectivity index (χ0v) is 6.89. The number of carboxylic acids is 1. The molecule has 11 heavy (non-hydrogen) atoms. The highest BCUT2D eigenvalue weighted by Gasteiger charge is 2.14. The maximum Gasteiger partial charge on any atom is 0.323 e. The van der Waals surface area contributed by atoms with E-state index in [0.717, 1.165) is 0 Å². The van der Waals surface area contributed by atoms with E-state index in [9.17, 15) is 9.59 Å². The lowest BCUT2D eigenvalue weighted by Crippen LogP contribution is -2.48. The van der Waals surface area contributed by atoms with Crippen LogP contribution in [0.4, 0.5) is 0 Å². The summed E-state index contributed by atoms with van der Waals surface area (Å²) in [7, 11) is 0. The van der Waals surface area contributed by atoms with Crippen LogP contribution in [0.25, 0.3) is 0 Å². The Labute approximate surface area is 69.5 Å². The Balaban J connectivity index is 3.70. The van der Waals surface area contributed by atoms with Gasteiger partial charge >= 0.3 is 5.97 Å². The van der Waals surface area contributed by atoms with Crippen LogP contribution < -0.4 is 10.9 Å². The predicted octanol–water partition coefficient (Wildman–Crippen LogP) is -0.990. The van der Waals surface area contributed by atoms with E-state index in [1.54, 1.807) is 0 Å². The second-order valence-corrected chi connectivity index (χ2v) is 2.26. The molecule has 0 rings (SSSR count). The number of nitrogens with one attached hydrogen (secondary N) is 2. The molecule has 0 bridgehead atoms. The molecule has 0 aliphatic heterocycles. The van der Waals surface area contributed by atoms with Crippen LogP contribution in [0.3, 0.4) is 0 Å². The fourth-order valence-corrected chi connectivity index (χ4v) is 0.622. The minimum absolute atomic E-state index is 0.121. The number of carbonyl (C=O) groups is 2. The van der Waals surface area contributed by atoms with Gasteiger partial charge in [0.25, 0.3) is 0 Å². The van der Waals surface area contributed by atoms with Gasteiger partial charge in [0.05, 0.1) is 0 Å². The molecule has 0 unspecified atom stereocenters. The Morgan fingerprint density at radius 1 is 1.64 bits per heavy atom. The number of carbonyl (C=O) groups excluding carboxylic acids is 1. The number of hydrogen-bond acceptors (Lipinski definition) is 4. The molecule has 0 aromatic heterocycles. The minimum atomic E-state index is -1.05. The fourth-order valence-electron chi connectivity index (χ4n) is 0.374. The van der Waals surface area contributed by atoms with Crippen molar-refractivity contribution in [2.45, 2.75) is 13.0 Å². The standard InChI is InChI=1S/C5H10N2O3S/c1-3(8)6-7-4(2-11)5(9)10/h4,7,11H,2H2,1H3,(H,6,8)(H,9,10)/t4-/m1/s1. The number of hydrazine groups is 1. The highest BCUT2D eigenvalue weighted by atomic mass is 32.1. The second kappa shape index (κ2) is 4.97. The van der Waals surface area contributed by atoms with Crippen LogP contribution in [0.15, 0.2) is 0 Å². The lowest BCUT2D eigenvalue weighted by molar-refractivity contribution is -0.139. The first-order chi connectivity index (χ1) is 5.07. The summed E-state index contributed by atoms with van der Waals surface area (Å²) in [6.45, 7) is 1.28. The predicted molar refractivity (Wildman–Crippen MR) is 42.2 cm³/mol. The van der Waals surface area contributed by atoms with Gasteiger partial charge in [-0.2, -0.15) is 12.6 Å². The van der Waals surface area contributed by atoms with Crippen molar-refractivity contribution in [1.82, 2.24) is 10.9 Å². The molecule has 0 heterocycles. The van der Waals surface area contributed by atoms with Gasteiger partial charge in [-0.1, -0.05) is 0 Å². The van der Waals surface area contributed by atoms with Crippen LogP contribution in [-0.2, 0) is 9.59 Å². The molecule has 0 saturated carbocycles. The van der Waals surface area contributed by atoms with Crippen LogP contribution in [0.5, 0.6) is 0 Å². The molecule has 0 aromatic rings. The SMILES string of the molecule is CC(=O)NN[C@H](CS)C(=O)O. The summed E-state index contributed by atoms with van der Waals surface area (Å²) in [6, 6.07) is -0.845. The summed E-state index contributed by atoms with van der Waals surface area (Å²) in [6.07, 6.45) is 0. The number of hydrogen-bond donors (Lipinski definition) is 4. The second-order valence-electron chi connectivity index (χ2n) is 1.90. The highest BCUT2D eigenvalue weighted by molar-refractivity contribution is 7.80. The van der Waals surface area contributed by atoms with Gasteiger partial charge in [-0.05, 0) is 0 Å². The van der Waals surface area contributed by atoms with Gasteiger partial charge in [0.1, 0.15) is 6.04 Å². The normalized spacial score (nSPS) is 12.2. The van der Waals surface area contributed by atoms with Crippen molar-refractivity contribution in [3.8, 4) is 0 Å². The molecule has 3 N–H and O–H groups in total. The van der Waals surface area contributed by atoms with E-state index in [4.69, 9.17) is 5.11 Å². The smallest absolute Gasteiger partial charge is 0.323 e. The van der Waals surface area contributed by atoms with Crippen LogP contribution in [-0.4, -0.2) is 28.8 Å². The average Bonchev–Trinajstić information content (AvgIpc) is 1.87. The molecule has 0 radical (unpaired) electrons. The van der Waals surface area contributed by atoms with E-state index in [0.29, 0.717) is 0 Å². The summed E-state index contributed by atoms with van der Waals surface area (Å²) in [4.78, 5) is 20.6. The number of rotatable bonds is 4. The summed E-state index contributed by atoms with van der Waals surface area (Å²) in [5.74, 6) is -1.26. The number of aliphatic carboxylic acids is 1. The van der Waals surface area contributed by atoms with E-state index < -0.39 is 12.0 Å². The van der Waals surface area contributed by atoms with Crippen molar-refractivity contribution in [2.24, 2.45) is 0 Å². The summed E-state index contributed by atoms with van der Waals surface area (Å²) in [5.41, 5.74) is 4.45. The Morgan fingerprint density at radius 2 is 2.18 bits per heavy atom. The first kappa shape index (κ1) is 10.2. The van der Waals surface area contributed by atoms with E-state index in [2.05, 4.69) is 23.5 Å². The van der Waals surface area contributed by atoms with E-state index in [1.807, 2.05) is 0 Å². The average molecular weight is 178 g/mol. The summed E-state index contributed by atoms with van der Waals surface area (Å²) < 4.78 is 0. The molecule has 1 amide bonds. The number of carboxylic acid groups (broad SMARTS) is 1. The first-order valence-electron chi connectivity index (χ1n) is 2.93. The lowest BCUT2D eigenvalue weighted by atomic mass is 10.4. The van der Waals surface area contributed by atoms with Crippen LogP contribution in [0.1, 0.15) is 6.92 Å². The highest BCUT2D eigenvalue weighted by Crippen LogP contribution is 1.85. The maximum absolute atomic E-state index is 10.3. The Morgan fingerprint density at radius 3 is 2.45 bits per heavy atom.